The predicted molar refractivity (Wildman–Crippen MR) is 378 cm³/mol. The molecule has 0 saturated heterocycles. The topological polar surface area (TPSA) is 36.9 Å². The molecule has 0 heterocycles. The fourth-order valence-electron chi connectivity index (χ4n) is 19.0. The summed E-state index contributed by atoms with van der Waals surface area (Å²) >= 11 is 2.42. The van der Waals surface area contributed by atoms with Crippen molar-refractivity contribution in [2.45, 2.75) is 220 Å². The Balaban J connectivity index is 0.000000208. The Morgan fingerprint density at radius 1 is 0.384 bits per heavy atom. The zero-order valence-corrected chi connectivity index (χ0v) is 59.2. The summed E-state index contributed by atoms with van der Waals surface area (Å²) in [7, 11) is 6.70. The molecule has 462 valence electrons. The maximum absolute atomic E-state index is 6.81. The molecule has 0 aliphatic heterocycles. The highest BCUT2D eigenvalue weighted by Gasteiger charge is 2.64. The second-order valence-corrected chi connectivity index (χ2v) is 33.2. The summed E-state index contributed by atoms with van der Waals surface area (Å²) in [6.07, 6.45) is 17.7. The number of benzene rings is 6. The van der Waals surface area contributed by atoms with E-state index in [-0.39, 0.29) is 0 Å². The smallest absolute Gasteiger partial charge is 0.174 e. The molecule has 0 unspecified atom stereocenters. The molecule has 8 aliphatic carbocycles. The van der Waals surface area contributed by atoms with Gasteiger partial charge in [-0.3, -0.25) is 0 Å². The molecule has 86 heavy (non-hydrogen) atoms. The van der Waals surface area contributed by atoms with E-state index in [4.69, 9.17) is 18.9 Å². The highest BCUT2D eigenvalue weighted by molar-refractivity contribution is 14.1. The number of halogens is 1. The first kappa shape index (κ1) is 64.7. The lowest BCUT2D eigenvalue weighted by molar-refractivity contribution is 0.0195. The van der Waals surface area contributed by atoms with Crippen LogP contribution in [0.5, 0.6) is 23.0 Å². The molecule has 14 rings (SSSR count). The third-order valence-electron chi connectivity index (χ3n) is 21.3. The van der Waals surface area contributed by atoms with Crippen LogP contribution in [0.15, 0.2) is 97.1 Å². The van der Waals surface area contributed by atoms with Gasteiger partial charge < -0.3 is 18.9 Å². The summed E-state index contributed by atoms with van der Waals surface area (Å²) in [5.74, 6) is 11.5. The molecule has 8 fully saturated rings. The first-order valence-corrected chi connectivity index (χ1v) is 36.2. The first-order chi connectivity index (χ1) is 41.2. The third kappa shape index (κ3) is 11.9. The highest BCUT2D eigenvalue weighted by atomic mass is 127. The van der Waals surface area contributed by atoms with Gasteiger partial charge in [0.25, 0.3) is 0 Å². The minimum Gasteiger partial charge on any atom is -0.493 e. The minimum absolute atomic E-state index is 0.361. The summed E-state index contributed by atoms with van der Waals surface area (Å²) in [5, 5.41) is 2.45. The average molecular weight is 1290 g/mol. The van der Waals surface area contributed by atoms with Crippen molar-refractivity contribution in [3.8, 4) is 67.5 Å². The monoisotopic (exact) mass is 1290 g/mol. The number of rotatable bonds is 17. The molecule has 8 aliphatic rings. The lowest BCUT2D eigenvalue weighted by atomic mass is 9.55. The van der Waals surface area contributed by atoms with Crippen LogP contribution >= 0.6 is 30.5 Å². The molecule has 6 heteroatoms. The Bertz CT molecular complexity index is 3220. The van der Waals surface area contributed by atoms with Crippen LogP contribution in [0.25, 0.3) is 44.5 Å². The summed E-state index contributed by atoms with van der Waals surface area (Å²) in [6, 6.07) is 36.3. The van der Waals surface area contributed by atoms with Gasteiger partial charge in [-0.15, -0.1) is 0 Å². The van der Waals surface area contributed by atoms with E-state index < -0.39 is 7.92 Å². The number of methoxy groups -OCH3 is 4. The number of hydrogen-bond acceptors (Lipinski definition) is 4. The van der Waals surface area contributed by atoms with Crippen LogP contribution < -0.4 is 24.3 Å². The molecule has 4 nitrogen and oxygen atoms in total. The van der Waals surface area contributed by atoms with Gasteiger partial charge in [-0.1, -0.05) is 178 Å². The van der Waals surface area contributed by atoms with Gasteiger partial charge in [0.1, 0.15) is 0 Å². The molecular formula is C80H106IO4P. The average Bonchev–Trinajstić information content (AvgIpc) is 0.705. The van der Waals surface area contributed by atoms with Crippen molar-refractivity contribution in [3.63, 3.8) is 0 Å². The lowest BCUT2D eigenvalue weighted by Gasteiger charge is -2.67. The van der Waals surface area contributed by atoms with Crippen LogP contribution in [0.3, 0.4) is 0 Å². The van der Waals surface area contributed by atoms with E-state index >= 15 is 0 Å². The molecule has 0 spiro atoms. The number of ether oxygens (including phenoxy) is 4. The van der Waals surface area contributed by atoms with E-state index in [9.17, 15) is 0 Å². The highest BCUT2D eigenvalue weighted by Crippen LogP contribution is 2.79. The van der Waals surface area contributed by atoms with Gasteiger partial charge in [0, 0.05) is 5.30 Å². The molecule has 6 aromatic rings. The molecule has 0 aromatic heterocycles. The predicted octanol–water partition coefficient (Wildman–Crippen LogP) is 23.5. The largest absolute Gasteiger partial charge is 0.493 e. The van der Waals surface area contributed by atoms with E-state index in [1.165, 1.54) is 149 Å². The quantitative estimate of drug-likeness (QED) is 0.0674. The maximum Gasteiger partial charge on any atom is 0.174 e. The molecule has 0 amide bonds. The molecule has 0 N–H and O–H groups in total. The van der Waals surface area contributed by atoms with E-state index in [0.29, 0.717) is 45.8 Å². The van der Waals surface area contributed by atoms with Crippen molar-refractivity contribution < 1.29 is 18.9 Å². The SMILES string of the molecule is CC.COc1ccc(-c2c(C(C)C)cc(C(C)C)c(-c3ccccc3)c2C(C)C)c(I)c1OC.COc1ccc(-c2c(C(C)C)cc(C(C)C)c(-c3ccccc3)c2C(C)C)c(P(C23CC4CC(CC(C4)C2)C3)C23CC4CC(CC(C4)C2)C3)c1OC. The van der Waals surface area contributed by atoms with Gasteiger partial charge >= 0.3 is 0 Å². The van der Waals surface area contributed by atoms with Crippen molar-refractivity contribution in [2.24, 2.45) is 35.5 Å². The van der Waals surface area contributed by atoms with Gasteiger partial charge in [0.2, 0.25) is 0 Å². The number of hydrogen-bond donors (Lipinski definition) is 0. The van der Waals surface area contributed by atoms with Crippen LogP contribution in [0.4, 0.5) is 0 Å². The van der Waals surface area contributed by atoms with Gasteiger partial charge in [-0.2, -0.15) is 0 Å². The first-order valence-electron chi connectivity index (χ1n) is 33.7. The molecule has 8 saturated carbocycles. The second-order valence-electron chi connectivity index (χ2n) is 29.1. The van der Waals surface area contributed by atoms with Gasteiger partial charge in [0.15, 0.2) is 23.0 Å². The normalized spacial score (nSPS) is 24.6. The van der Waals surface area contributed by atoms with Crippen molar-refractivity contribution in [1.82, 2.24) is 0 Å². The van der Waals surface area contributed by atoms with Crippen molar-refractivity contribution in [1.29, 1.82) is 0 Å². The standard InChI is InChI=1S/C49H65O2P.C29H35IO2.C2H6/c1-29(2)40-22-41(30(3)4)45(43(31(5)6)44(40)38-12-10-9-11-13-38)39-14-15-42(50-7)46(51-8)47(39)52(48-23-32-16-33(24-48)18-34(17-32)25-48)49-26-35-19-36(27-49)21-37(20-35)28-49;1-17(2)22-16-23(18(3)4)27(21-14-15-24(31-7)29(32-8)28(21)30)25(19(5)6)26(22)20-12-10-9-11-13-20;1-2/h9-15,22,29-37H,16-21,23-28H2,1-8H3;9-19H,1-8H3;1-2H3. The van der Waals surface area contributed by atoms with Gasteiger partial charge in [0.05, 0.1) is 32.0 Å². The zero-order chi connectivity index (χ0) is 61.7. The molecule has 0 radical (unpaired) electrons. The second kappa shape index (κ2) is 26.6. The van der Waals surface area contributed by atoms with E-state index in [1.54, 1.807) is 25.1 Å². The van der Waals surface area contributed by atoms with Crippen molar-refractivity contribution >= 4 is 35.8 Å². The van der Waals surface area contributed by atoms with E-state index in [0.717, 1.165) is 62.1 Å². The fraction of sp³-hybridized carbons (Fsp3) is 0.550. The Labute approximate surface area is 536 Å². The van der Waals surface area contributed by atoms with Crippen LogP contribution in [-0.2, 0) is 0 Å². The Morgan fingerprint density at radius 3 is 1.01 bits per heavy atom. The van der Waals surface area contributed by atoms with Gasteiger partial charge in [-0.05, 0) is 283 Å². The summed E-state index contributed by atoms with van der Waals surface area (Å²) < 4.78 is 25.6. The zero-order valence-electron chi connectivity index (χ0n) is 56.1. The molecule has 8 bridgehead atoms. The Hall–Kier alpha value is -4.32. The van der Waals surface area contributed by atoms with Crippen molar-refractivity contribution in [2.75, 3.05) is 28.4 Å². The van der Waals surface area contributed by atoms with E-state index in [1.807, 2.05) is 34.1 Å². The minimum atomic E-state index is -0.549. The summed E-state index contributed by atoms with van der Waals surface area (Å²) in [5.41, 5.74) is 19.8. The van der Waals surface area contributed by atoms with Crippen LogP contribution in [0.2, 0.25) is 0 Å². The molecular weight excluding hydrogens is 1180 g/mol. The summed E-state index contributed by atoms with van der Waals surface area (Å²) in [4.78, 5) is 0. The maximum atomic E-state index is 6.81. The van der Waals surface area contributed by atoms with Crippen molar-refractivity contribution in [3.05, 3.63) is 134 Å². The Kier molecular flexibility index (Phi) is 20.0. The Morgan fingerprint density at radius 2 is 0.698 bits per heavy atom. The lowest BCUT2D eigenvalue weighted by Crippen LogP contribution is -2.58. The molecule has 0 atom stereocenters. The fourth-order valence-corrected chi connectivity index (χ4v) is 25.4. The van der Waals surface area contributed by atoms with E-state index in [2.05, 4.69) is 197 Å². The third-order valence-corrected chi connectivity index (χ3v) is 26.3. The van der Waals surface area contributed by atoms with Crippen LogP contribution in [-0.4, -0.2) is 38.8 Å². The van der Waals surface area contributed by atoms with Crippen LogP contribution in [0, 0.1) is 39.1 Å². The molecule has 6 aromatic carbocycles. The summed E-state index contributed by atoms with van der Waals surface area (Å²) in [6.45, 7) is 32.4. The van der Waals surface area contributed by atoms with Gasteiger partial charge in [-0.25, -0.2) is 0 Å². The van der Waals surface area contributed by atoms with Crippen LogP contribution in [0.1, 0.15) is 243 Å².